The Kier molecular flexibility index (Phi) is 4.38. The van der Waals surface area contributed by atoms with E-state index in [0.29, 0.717) is 32.1 Å². The van der Waals surface area contributed by atoms with E-state index in [0.717, 1.165) is 0 Å². The number of halogens is 3. The van der Waals surface area contributed by atoms with Gasteiger partial charge in [0, 0.05) is 11.9 Å². The van der Waals surface area contributed by atoms with Crippen molar-refractivity contribution in [3.63, 3.8) is 0 Å². The van der Waals surface area contributed by atoms with Crippen molar-refractivity contribution in [3.05, 3.63) is 50.7 Å². The van der Waals surface area contributed by atoms with Gasteiger partial charge in [-0.3, -0.25) is 4.98 Å². The van der Waals surface area contributed by atoms with Crippen LogP contribution in [0.15, 0.2) is 24.4 Å². The summed E-state index contributed by atoms with van der Waals surface area (Å²) in [5.41, 5.74) is 1.56. The summed E-state index contributed by atoms with van der Waals surface area (Å²) in [4.78, 5) is 15.1. The number of nitrogens with zero attached hydrogens (tertiary/aromatic N) is 1. The molecule has 1 heterocycles. The predicted octanol–water partition coefficient (Wildman–Crippen LogP) is 4.79. The Bertz CT molecular complexity index is 690. The molecule has 1 aromatic carbocycles. The number of aromatic carboxylic acids is 1. The molecule has 4 nitrogen and oxygen atoms in total. The van der Waals surface area contributed by atoms with Gasteiger partial charge in [-0.1, -0.05) is 34.8 Å². The van der Waals surface area contributed by atoms with Gasteiger partial charge in [0.25, 0.3) is 0 Å². The lowest BCUT2D eigenvalue weighted by molar-refractivity contribution is 0.0697. The first-order chi connectivity index (χ1) is 9.38. The zero-order valence-electron chi connectivity index (χ0n) is 10.2. The van der Waals surface area contributed by atoms with Gasteiger partial charge in [0.1, 0.15) is 5.56 Å². The molecule has 0 aliphatic carbocycles. The van der Waals surface area contributed by atoms with Crippen LogP contribution in [0, 0.1) is 6.92 Å². The minimum absolute atomic E-state index is 0.0396. The molecule has 0 atom stereocenters. The summed E-state index contributed by atoms with van der Waals surface area (Å²) in [6, 6.07) is 4.64. The van der Waals surface area contributed by atoms with Gasteiger partial charge in [-0.2, -0.15) is 0 Å². The Labute approximate surface area is 130 Å². The van der Waals surface area contributed by atoms with Crippen molar-refractivity contribution in [2.24, 2.45) is 0 Å². The minimum atomic E-state index is -1.09. The molecular formula is C13H9Cl3N2O2. The second kappa shape index (κ2) is 5.87. The average molecular weight is 332 g/mol. The molecule has 0 saturated carbocycles. The average Bonchev–Trinajstić information content (AvgIpc) is 2.35. The van der Waals surface area contributed by atoms with Crippen LogP contribution in [-0.4, -0.2) is 16.1 Å². The summed E-state index contributed by atoms with van der Waals surface area (Å²) >= 11 is 17.8. The number of hydrogen-bond donors (Lipinski definition) is 2. The van der Waals surface area contributed by atoms with E-state index in [9.17, 15) is 4.79 Å². The molecule has 1 aromatic heterocycles. The van der Waals surface area contributed by atoms with E-state index in [1.54, 1.807) is 13.0 Å². The van der Waals surface area contributed by atoms with Crippen molar-refractivity contribution >= 4 is 52.1 Å². The van der Waals surface area contributed by atoms with Crippen molar-refractivity contribution in [2.75, 3.05) is 5.32 Å². The number of aryl methyl sites for hydroxylation is 1. The number of benzene rings is 1. The van der Waals surface area contributed by atoms with Crippen molar-refractivity contribution in [3.8, 4) is 0 Å². The Morgan fingerprint density at radius 2 is 1.75 bits per heavy atom. The summed E-state index contributed by atoms with van der Waals surface area (Å²) in [6.45, 7) is 1.76. The summed E-state index contributed by atoms with van der Waals surface area (Å²) in [7, 11) is 0. The number of carbonyl (C=O) groups is 1. The van der Waals surface area contributed by atoms with Crippen LogP contribution in [0.5, 0.6) is 0 Å². The van der Waals surface area contributed by atoms with Crippen LogP contribution in [0.3, 0.4) is 0 Å². The van der Waals surface area contributed by atoms with Crippen molar-refractivity contribution in [1.82, 2.24) is 4.98 Å². The van der Waals surface area contributed by atoms with Gasteiger partial charge in [-0.15, -0.1) is 0 Å². The fourth-order valence-electron chi connectivity index (χ4n) is 1.60. The summed E-state index contributed by atoms with van der Waals surface area (Å²) < 4.78 is 0. The Morgan fingerprint density at radius 3 is 2.40 bits per heavy atom. The Hall–Kier alpha value is -1.49. The monoisotopic (exact) mass is 330 g/mol. The second-order valence-electron chi connectivity index (χ2n) is 4.05. The van der Waals surface area contributed by atoms with Crippen molar-refractivity contribution < 1.29 is 9.90 Å². The number of carboxylic acid groups (broad SMARTS) is 1. The van der Waals surface area contributed by atoms with Gasteiger partial charge in [0.15, 0.2) is 0 Å². The third-order valence-corrected chi connectivity index (χ3v) is 3.59. The molecule has 0 radical (unpaired) electrons. The summed E-state index contributed by atoms with van der Waals surface area (Å²) in [6.07, 6.45) is 1.28. The molecule has 0 fully saturated rings. The van der Waals surface area contributed by atoms with Gasteiger partial charge >= 0.3 is 5.97 Å². The van der Waals surface area contributed by atoms with E-state index in [-0.39, 0.29) is 5.56 Å². The standard InChI is InChI=1S/C13H9Cl3N2O2/c1-6-2-11(7(5-17-6)13(19)20)18-12-4-9(15)8(14)3-10(12)16/h2-5H,1H3,(H,17,18)(H,19,20). The number of carboxylic acids is 1. The van der Waals surface area contributed by atoms with Gasteiger partial charge in [0.05, 0.1) is 26.4 Å². The van der Waals surface area contributed by atoms with E-state index in [1.807, 2.05) is 0 Å². The normalized spacial score (nSPS) is 10.4. The highest BCUT2D eigenvalue weighted by atomic mass is 35.5. The SMILES string of the molecule is Cc1cc(Nc2cc(Cl)c(Cl)cc2Cl)c(C(=O)O)cn1. The quantitative estimate of drug-likeness (QED) is 0.794. The lowest BCUT2D eigenvalue weighted by atomic mass is 10.2. The third-order valence-electron chi connectivity index (χ3n) is 2.55. The Morgan fingerprint density at radius 1 is 1.10 bits per heavy atom. The summed E-state index contributed by atoms with van der Waals surface area (Å²) in [5.74, 6) is -1.09. The molecule has 20 heavy (non-hydrogen) atoms. The van der Waals surface area contributed by atoms with E-state index >= 15 is 0 Å². The zero-order valence-corrected chi connectivity index (χ0v) is 12.5. The van der Waals surface area contributed by atoms with Gasteiger partial charge in [0.2, 0.25) is 0 Å². The number of rotatable bonds is 3. The van der Waals surface area contributed by atoms with E-state index < -0.39 is 5.97 Å². The van der Waals surface area contributed by atoms with E-state index in [2.05, 4.69) is 10.3 Å². The molecule has 0 unspecified atom stereocenters. The highest BCUT2D eigenvalue weighted by Crippen LogP contribution is 2.34. The van der Waals surface area contributed by atoms with Crippen LogP contribution in [0.25, 0.3) is 0 Å². The van der Waals surface area contributed by atoms with Gasteiger partial charge < -0.3 is 10.4 Å². The van der Waals surface area contributed by atoms with Gasteiger partial charge in [-0.05, 0) is 25.1 Å². The molecule has 0 amide bonds. The van der Waals surface area contributed by atoms with Crippen LogP contribution < -0.4 is 5.32 Å². The Balaban J connectivity index is 2.47. The fraction of sp³-hybridized carbons (Fsp3) is 0.0769. The van der Waals surface area contributed by atoms with E-state index in [1.165, 1.54) is 18.3 Å². The molecule has 0 bridgehead atoms. The van der Waals surface area contributed by atoms with Crippen LogP contribution in [-0.2, 0) is 0 Å². The smallest absolute Gasteiger partial charge is 0.339 e. The van der Waals surface area contributed by atoms with Crippen LogP contribution in [0.1, 0.15) is 16.1 Å². The minimum Gasteiger partial charge on any atom is -0.478 e. The topological polar surface area (TPSA) is 62.2 Å². The van der Waals surface area contributed by atoms with Crippen LogP contribution in [0.4, 0.5) is 11.4 Å². The van der Waals surface area contributed by atoms with Crippen molar-refractivity contribution in [1.29, 1.82) is 0 Å². The molecule has 0 aliphatic heterocycles. The predicted molar refractivity (Wildman–Crippen MR) is 80.7 cm³/mol. The molecule has 2 N–H and O–H groups in total. The molecule has 7 heteroatoms. The van der Waals surface area contributed by atoms with Crippen LogP contribution >= 0.6 is 34.8 Å². The number of nitrogens with one attached hydrogen (secondary N) is 1. The molecule has 0 aliphatic rings. The maximum absolute atomic E-state index is 11.2. The maximum atomic E-state index is 11.2. The highest BCUT2D eigenvalue weighted by Gasteiger charge is 2.13. The third kappa shape index (κ3) is 3.15. The number of hydrogen-bond acceptors (Lipinski definition) is 3. The number of anilines is 2. The zero-order chi connectivity index (χ0) is 14.9. The maximum Gasteiger partial charge on any atom is 0.339 e. The van der Waals surface area contributed by atoms with Gasteiger partial charge in [-0.25, -0.2) is 4.79 Å². The lowest BCUT2D eigenvalue weighted by Gasteiger charge is -2.12. The fourth-order valence-corrected chi connectivity index (χ4v) is 2.19. The second-order valence-corrected chi connectivity index (χ2v) is 5.27. The number of pyridine rings is 1. The molecule has 104 valence electrons. The first-order valence-electron chi connectivity index (χ1n) is 5.50. The van der Waals surface area contributed by atoms with Crippen LogP contribution in [0.2, 0.25) is 15.1 Å². The largest absolute Gasteiger partial charge is 0.478 e. The molecule has 2 rings (SSSR count). The molecule has 2 aromatic rings. The first-order valence-corrected chi connectivity index (χ1v) is 6.63. The molecule has 0 saturated heterocycles. The first kappa shape index (κ1) is 14.9. The molecule has 0 spiro atoms. The number of aromatic nitrogens is 1. The summed E-state index contributed by atoms with van der Waals surface area (Å²) in [5, 5.41) is 13.1. The molecular weight excluding hydrogens is 323 g/mol. The van der Waals surface area contributed by atoms with Crippen molar-refractivity contribution in [2.45, 2.75) is 6.92 Å². The highest BCUT2D eigenvalue weighted by molar-refractivity contribution is 6.44. The van der Waals surface area contributed by atoms with E-state index in [4.69, 9.17) is 39.9 Å². The lowest BCUT2D eigenvalue weighted by Crippen LogP contribution is -2.04.